The standard InChI is InChI=1S/C23H31FN4/c1-6-19(28(4)5)11-12-26-22-14-17(13-18(15-27-25)20(22)7-2)23-16(3)9-8-10-21(23)24/h7-10,13-15,19,26H,2,6,11-12,25H2,1,3-5H3/b27-15-. The maximum atomic E-state index is 14.6. The van der Waals surface area contributed by atoms with Gasteiger partial charge in [0.25, 0.3) is 0 Å². The van der Waals surface area contributed by atoms with E-state index in [1.54, 1.807) is 18.4 Å². The van der Waals surface area contributed by atoms with Gasteiger partial charge in [-0.05, 0) is 63.2 Å². The lowest BCUT2D eigenvalue weighted by molar-refractivity contribution is 0.276. The fourth-order valence-corrected chi connectivity index (χ4v) is 3.58. The molecule has 0 spiro atoms. The molecule has 0 fully saturated rings. The summed E-state index contributed by atoms with van der Waals surface area (Å²) >= 11 is 0. The SMILES string of the molecule is C=Cc1c(/C=N\N)cc(-c2c(C)cccc2F)cc1NCCC(CC)N(C)C. The van der Waals surface area contributed by atoms with Crippen LogP contribution in [0.1, 0.15) is 36.5 Å². The number of nitrogens with zero attached hydrogens (tertiary/aromatic N) is 2. The minimum atomic E-state index is -0.244. The number of hydrogen-bond acceptors (Lipinski definition) is 4. The molecule has 28 heavy (non-hydrogen) atoms. The van der Waals surface area contributed by atoms with Gasteiger partial charge < -0.3 is 16.1 Å². The van der Waals surface area contributed by atoms with Gasteiger partial charge in [-0.1, -0.05) is 31.7 Å². The Hall–Kier alpha value is -2.66. The quantitative estimate of drug-likeness (QED) is 0.369. The Kier molecular flexibility index (Phi) is 7.76. The first-order chi connectivity index (χ1) is 13.4. The number of aryl methyl sites for hydroxylation is 1. The Morgan fingerprint density at radius 1 is 1.32 bits per heavy atom. The second-order valence-electron chi connectivity index (χ2n) is 7.18. The number of anilines is 1. The zero-order valence-electron chi connectivity index (χ0n) is 17.3. The van der Waals surface area contributed by atoms with Crippen molar-refractivity contribution in [1.29, 1.82) is 0 Å². The van der Waals surface area contributed by atoms with Gasteiger partial charge in [0.1, 0.15) is 5.82 Å². The fraction of sp³-hybridized carbons (Fsp3) is 0.348. The van der Waals surface area contributed by atoms with Crippen LogP contribution in [0.2, 0.25) is 0 Å². The molecule has 1 atom stereocenters. The number of hydrogen-bond donors (Lipinski definition) is 2. The van der Waals surface area contributed by atoms with Crippen LogP contribution in [-0.4, -0.2) is 37.8 Å². The van der Waals surface area contributed by atoms with E-state index in [1.165, 1.54) is 6.07 Å². The summed E-state index contributed by atoms with van der Waals surface area (Å²) in [6.07, 6.45) is 5.45. The van der Waals surface area contributed by atoms with Gasteiger partial charge in [-0.25, -0.2) is 4.39 Å². The Bertz CT molecular complexity index is 822. The highest BCUT2D eigenvalue weighted by atomic mass is 19.1. The molecule has 0 saturated carbocycles. The van der Waals surface area contributed by atoms with Crippen LogP contribution in [-0.2, 0) is 0 Å². The number of nitrogens with two attached hydrogens (primary N) is 1. The van der Waals surface area contributed by atoms with Gasteiger partial charge in [0.2, 0.25) is 0 Å². The maximum Gasteiger partial charge on any atom is 0.131 e. The van der Waals surface area contributed by atoms with Gasteiger partial charge in [0.15, 0.2) is 0 Å². The van der Waals surface area contributed by atoms with E-state index in [-0.39, 0.29) is 5.82 Å². The molecule has 2 aromatic rings. The summed E-state index contributed by atoms with van der Waals surface area (Å²) in [6, 6.07) is 9.50. The van der Waals surface area contributed by atoms with Crippen molar-refractivity contribution in [2.45, 2.75) is 32.7 Å². The number of halogens is 1. The highest BCUT2D eigenvalue weighted by Gasteiger charge is 2.14. The maximum absolute atomic E-state index is 14.6. The predicted molar refractivity (Wildman–Crippen MR) is 119 cm³/mol. The van der Waals surface area contributed by atoms with Crippen LogP contribution in [0, 0.1) is 12.7 Å². The number of hydrazone groups is 1. The molecule has 0 amide bonds. The topological polar surface area (TPSA) is 53.6 Å². The molecule has 0 heterocycles. The van der Waals surface area contributed by atoms with Crippen LogP contribution >= 0.6 is 0 Å². The van der Waals surface area contributed by atoms with E-state index >= 15 is 0 Å². The minimum Gasteiger partial charge on any atom is -0.384 e. The third kappa shape index (κ3) is 4.98. The fourth-order valence-electron chi connectivity index (χ4n) is 3.58. The largest absolute Gasteiger partial charge is 0.384 e. The van der Waals surface area contributed by atoms with Crippen LogP contribution in [0.4, 0.5) is 10.1 Å². The first-order valence-corrected chi connectivity index (χ1v) is 9.62. The van der Waals surface area contributed by atoms with E-state index < -0.39 is 0 Å². The zero-order valence-corrected chi connectivity index (χ0v) is 17.3. The summed E-state index contributed by atoms with van der Waals surface area (Å²) in [7, 11) is 4.20. The molecule has 1 unspecified atom stereocenters. The lowest BCUT2D eigenvalue weighted by atomic mass is 9.94. The molecule has 2 aromatic carbocycles. The van der Waals surface area contributed by atoms with Gasteiger partial charge in [-0.15, -0.1) is 0 Å². The third-order valence-electron chi connectivity index (χ3n) is 5.13. The van der Waals surface area contributed by atoms with Crippen molar-refractivity contribution in [2.75, 3.05) is 26.0 Å². The second-order valence-corrected chi connectivity index (χ2v) is 7.18. The van der Waals surface area contributed by atoms with Gasteiger partial charge in [0.05, 0.1) is 6.21 Å². The van der Waals surface area contributed by atoms with Crippen molar-refractivity contribution >= 4 is 18.0 Å². The molecule has 0 aliphatic heterocycles. The summed E-state index contributed by atoms with van der Waals surface area (Å²) < 4.78 is 14.6. The number of rotatable bonds is 9. The van der Waals surface area contributed by atoms with Crippen LogP contribution < -0.4 is 11.2 Å². The minimum absolute atomic E-state index is 0.244. The molecule has 0 bridgehead atoms. The number of nitrogens with one attached hydrogen (secondary N) is 1. The monoisotopic (exact) mass is 382 g/mol. The summed E-state index contributed by atoms with van der Waals surface area (Å²) in [6.45, 7) is 8.84. The molecule has 2 rings (SSSR count). The Morgan fingerprint density at radius 3 is 2.64 bits per heavy atom. The summed E-state index contributed by atoms with van der Waals surface area (Å²) in [5.74, 6) is 5.17. The van der Waals surface area contributed by atoms with Crippen molar-refractivity contribution in [3.63, 3.8) is 0 Å². The highest BCUT2D eigenvalue weighted by Crippen LogP contribution is 2.33. The Labute approximate surface area is 167 Å². The molecule has 150 valence electrons. The van der Waals surface area contributed by atoms with Crippen molar-refractivity contribution in [3.05, 3.63) is 59.4 Å². The van der Waals surface area contributed by atoms with E-state index in [2.05, 4.69) is 42.9 Å². The molecule has 5 heteroatoms. The van der Waals surface area contributed by atoms with Crippen LogP contribution in [0.3, 0.4) is 0 Å². The second kappa shape index (κ2) is 10.0. The summed E-state index contributed by atoms with van der Waals surface area (Å²) in [4.78, 5) is 2.24. The molecule has 0 aliphatic rings. The summed E-state index contributed by atoms with van der Waals surface area (Å²) in [5.41, 5.74) is 4.88. The van der Waals surface area contributed by atoms with Gasteiger partial charge in [0, 0.05) is 35.0 Å². The van der Waals surface area contributed by atoms with E-state index in [1.807, 2.05) is 25.1 Å². The van der Waals surface area contributed by atoms with Crippen molar-refractivity contribution < 1.29 is 4.39 Å². The van der Waals surface area contributed by atoms with Crippen molar-refractivity contribution in [3.8, 4) is 11.1 Å². The van der Waals surface area contributed by atoms with Crippen LogP contribution in [0.5, 0.6) is 0 Å². The lowest BCUT2D eigenvalue weighted by Gasteiger charge is -2.23. The van der Waals surface area contributed by atoms with E-state index in [4.69, 9.17) is 5.84 Å². The molecule has 0 saturated heterocycles. The van der Waals surface area contributed by atoms with Crippen molar-refractivity contribution in [1.82, 2.24) is 4.90 Å². The molecule has 3 N–H and O–H groups in total. The van der Waals surface area contributed by atoms with Crippen LogP contribution in [0.15, 0.2) is 42.0 Å². The highest BCUT2D eigenvalue weighted by molar-refractivity contribution is 5.92. The Morgan fingerprint density at radius 2 is 2.07 bits per heavy atom. The first-order valence-electron chi connectivity index (χ1n) is 9.62. The summed E-state index contributed by atoms with van der Waals surface area (Å²) in [5, 5.41) is 7.19. The molecule has 0 aliphatic carbocycles. The smallest absolute Gasteiger partial charge is 0.131 e. The predicted octanol–water partition coefficient (Wildman–Crippen LogP) is 4.88. The number of benzene rings is 2. The molecule has 0 radical (unpaired) electrons. The van der Waals surface area contributed by atoms with Gasteiger partial charge >= 0.3 is 0 Å². The van der Waals surface area contributed by atoms with Crippen LogP contribution in [0.25, 0.3) is 17.2 Å². The average molecular weight is 383 g/mol. The van der Waals surface area contributed by atoms with E-state index in [0.29, 0.717) is 11.6 Å². The third-order valence-corrected chi connectivity index (χ3v) is 5.13. The average Bonchev–Trinajstić information content (AvgIpc) is 2.65. The lowest BCUT2D eigenvalue weighted by Crippen LogP contribution is -2.29. The van der Waals surface area contributed by atoms with Gasteiger partial charge in [-0.2, -0.15) is 5.10 Å². The van der Waals surface area contributed by atoms with E-state index in [0.717, 1.165) is 47.3 Å². The zero-order chi connectivity index (χ0) is 20.7. The molecular weight excluding hydrogens is 351 g/mol. The van der Waals surface area contributed by atoms with Crippen molar-refractivity contribution in [2.24, 2.45) is 10.9 Å². The van der Waals surface area contributed by atoms with Gasteiger partial charge in [-0.3, -0.25) is 0 Å². The normalized spacial score (nSPS) is 12.5. The molecule has 0 aromatic heterocycles. The van der Waals surface area contributed by atoms with E-state index in [9.17, 15) is 4.39 Å². The Balaban J connectivity index is 2.45. The first kappa shape index (κ1) is 21.6. The molecular formula is C23H31FN4. The molecule has 4 nitrogen and oxygen atoms in total.